The average Bonchev–Trinajstić information content (AvgIpc) is 2.71. The van der Waals surface area contributed by atoms with Gasteiger partial charge in [-0.15, -0.1) is 0 Å². The van der Waals surface area contributed by atoms with Gasteiger partial charge < -0.3 is 9.88 Å². The summed E-state index contributed by atoms with van der Waals surface area (Å²) in [7, 11) is -4.05. The van der Waals surface area contributed by atoms with Crippen LogP contribution in [-0.4, -0.2) is 31.9 Å². The Morgan fingerprint density at radius 3 is 2.52 bits per heavy atom. The van der Waals surface area contributed by atoms with Gasteiger partial charge in [-0.2, -0.15) is 0 Å². The standard InChI is InChI=1S/C12H19F2N3O3S/c1-8(2)3-4-16-12(18)10-5-9(21(15,19)20)6-17(10)7-11(13)14/h5-6,8,11H,3-4,7H2,1-2H3,(H,16,18)(H2,15,19,20). The maximum Gasteiger partial charge on any atom is 0.267 e. The number of halogens is 2. The second-order valence-corrected chi connectivity index (χ2v) is 6.65. The first-order valence-corrected chi connectivity index (χ1v) is 7.95. The first-order valence-electron chi connectivity index (χ1n) is 6.40. The quantitative estimate of drug-likeness (QED) is 0.789. The van der Waals surface area contributed by atoms with Crippen molar-refractivity contribution in [1.29, 1.82) is 0 Å². The number of primary sulfonamides is 1. The molecule has 6 nitrogen and oxygen atoms in total. The number of carbonyl (C=O) groups is 1. The SMILES string of the molecule is CC(C)CCNC(=O)c1cc(S(N)(=O)=O)cn1CC(F)F. The van der Waals surface area contributed by atoms with E-state index in [-0.39, 0.29) is 10.6 Å². The monoisotopic (exact) mass is 323 g/mol. The van der Waals surface area contributed by atoms with Crippen LogP contribution in [0.25, 0.3) is 0 Å². The number of alkyl halides is 2. The number of nitrogens with two attached hydrogens (primary N) is 1. The summed E-state index contributed by atoms with van der Waals surface area (Å²) in [6.07, 6.45) is -1.05. The Kier molecular flexibility index (Phi) is 5.85. The molecule has 1 aromatic rings. The smallest absolute Gasteiger partial charge is 0.267 e. The molecule has 0 radical (unpaired) electrons. The van der Waals surface area contributed by atoms with Gasteiger partial charge in [-0.1, -0.05) is 13.8 Å². The molecule has 0 fully saturated rings. The number of rotatable bonds is 7. The third-order valence-corrected chi connectivity index (χ3v) is 3.65. The second kappa shape index (κ2) is 6.99. The van der Waals surface area contributed by atoms with Gasteiger partial charge in [-0.3, -0.25) is 4.79 Å². The lowest BCUT2D eigenvalue weighted by Crippen LogP contribution is -2.28. The Labute approximate surface area is 122 Å². The minimum absolute atomic E-state index is 0.150. The molecular weight excluding hydrogens is 304 g/mol. The third-order valence-electron chi connectivity index (χ3n) is 2.77. The lowest BCUT2D eigenvalue weighted by molar-refractivity contribution is 0.0929. The highest BCUT2D eigenvalue weighted by Gasteiger charge is 2.20. The van der Waals surface area contributed by atoms with Gasteiger partial charge in [0.1, 0.15) is 10.6 Å². The topological polar surface area (TPSA) is 94.2 Å². The van der Waals surface area contributed by atoms with Gasteiger partial charge in [0.25, 0.3) is 12.3 Å². The molecule has 1 heterocycles. The lowest BCUT2D eigenvalue weighted by atomic mass is 10.1. The van der Waals surface area contributed by atoms with Gasteiger partial charge in [0.2, 0.25) is 10.0 Å². The van der Waals surface area contributed by atoms with E-state index in [9.17, 15) is 22.0 Å². The molecule has 0 bridgehead atoms. The van der Waals surface area contributed by atoms with Crippen molar-refractivity contribution in [2.75, 3.05) is 6.54 Å². The van der Waals surface area contributed by atoms with Gasteiger partial charge in [-0.25, -0.2) is 22.3 Å². The van der Waals surface area contributed by atoms with E-state index in [1.807, 2.05) is 13.8 Å². The van der Waals surface area contributed by atoms with Crippen molar-refractivity contribution in [2.45, 2.75) is 38.1 Å². The largest absolute Gasteiger partial charge is 0.351 e. The van der Waals surface area contributed by atoms with Crippen LogP contribution in [0.1, 0.15) is 30.8 Å². The van der Waals surface area contributed by atoms with Crippen LogP contribution in [-0.2, 0) is 16.6 Å². The van der Waals surface area contributed by atoms with Crippen molar-refractivity contribution >= 4 is 15.9 Å². The predicted molar refractivity (Wildman–Crippen MR) is 73.6 cm³/mol. The molecule has 0 saturated heterocycles. The average molecular weight is 323 g/mol. The molecule has 9 heteroatoms. The normalized spacial score (nSPS) is 12.1. The van der Waals surface area contributed by atoms with E-state index in [0.29, 0.717) is 12.5 Å². The van der Waals surface area contributed by atoms with Gasteiger partial charge in [0.15, 0.2) is 0 Å². The molecule has 1 rings (SSSR count). The first kappa shape index (κ1) is 17.6. The minimum atomic E-state index is -4.05. The third kappa shape index (κ3) is 5.43. The van der Waals surface area contributed by atoms with Crippen LogP contribution in [0.5, 0.6) is 0 Å². The number of aromatic nitrogens is 1. The zero-order valence-corrected chi connectivity index (χ0v) is 12.7. The Morgan fingerprint density at radius 1 is 1.43 bits per heavy atom. The molecule has 0 atom stereocenters. The van der Waals surface area contributed by atoms with Crippen molar-refractivity contribution < 1.29 is 22.0 Å². The number of carbonyl (C=O) groups excluding carboxylic acids is 1. The number of hydrogen-bond donors (Lipinski definition) is 2. The summed E-state index contributed by atoms with van der Waals surface area (Å²) in [5, 5.41) is 7.52. The second-order valence-electron chi connectivity index (χ2n) is 5.09. The maximum atomic E-state index is 12.5. The zero-order valence-electron chi connectivity index (χ0n) is 11.8. The summed E-state index contributed by atoms with van der Waals surface area (Å²) in [6, 6.07) is 1.00. The highest BCUT2D eigenvalue weighted by Crippen LogP contribution is 2.15. The van der Waals surface area contributed by atoms with Gasteiger partial charge in [-0.05, 0) is 18.4 Å². The van der Waals surface area contributed by atoms with Gasteiger partial charge in [0, 0.05) is 12.7 Å². The van der Waals surface area contributed by atoms with Crippen molar-refractivity contribution in [3.05, 3.63) is 18.0 Å². The van der Waals surface area contributed by atoms with E-state index < -0.39 is 28.9 Å². The molecule has 0 aliphatic rings. The molecule has 0 saturated carbocycles. The highest BCUT2D eigenvalue weighted by molar-refractivity contribution is 7.89. The fraction of sp³-hybridized carbons (Fsp3) is 0.583. The first-order chi connectivity index (χ1) is 9.61. The zero-order chi connectivity index (χ0) is 16.2. The van der Waals surface area contributed by atoms with Crippen LogP contribution in [0.2, 0.25) is 0 Å². The molecule has 0 unspecified atom stereocenters. The molecule has 0 aliphatic carbocycles. The lowest BCUT2D eigenvalue weighted by Gasteiger charge is -2.10. The van der Waals surface area contributed by atoms with Crippen LogP contribution in [0.3, 0.4) is 0 Å². The van der Waals surface area contributed by atoms with E-state index in [1.165, 1.54) is 0 Å². The molecule has 1 aromatic heterocycles. The minimum Gasteiger partial charge on any atom is -0.351 e. The molecule has 120 valence electrons. The summed E-state index contributed by atoms with van der Waals surface area (Å²) < 4.78 is 48.4. The van der Waals surface area contributed by atoms with E-state index in [2.05, 4.69) is 5.32 Å². The van der Waals surface area contributed by atoms with Gasteiger partial charge in [0.05, 0.1) is 6.54 Å². The van der Waals surface area contributed by atoms with Crippen LogP contribution in [0.4, 0.5) is 8.78 Å². The van der Waals surface area contributed by atoms with Crippen LogP contribution in [0.15, 0.2) is 17.2 Å². The van der Waals surface area contributed by atoms with Crippen molar-refractivity contribution in [1.82, 2.24) is 9.88 Å². The predicted octanol–water partition coefficient (Wildman–Crippen LogP) is 1.18. The Morgan fingerprint density at radius 2 is 2.05 bits per heavy atom. The molecular formula is C12H19F2N3O3S. The Bertz CT molecular complexity index is 597. The summed E-state index contributed by atoms with van der Waals surface area (Å²) in [4.78, 5) is 11.6. The van der Waals surface area contributed by atoms with Crippen molar-refractivity contribution in [2.24, 2.45) is 11.1 Å². The van der Waals surface area contributed by atoms with Crippen LogP contribution >= 0.6 is 0 Å². The highest BCUT2D eigenvalue weighted by atomic mass is 32.2. The van der Waals surface area contributed by atoms with Crippen molar-refractivity contribution in [3.63, 3.8) is 0 Å². The van der Waals surface area contributed by atoms with E-state index >= 15 is 0 Å². The van der Waals surface area contributed by atoms with Gasteiger partial charge >= 0.3 is 0 Å². The molecule has 1 amide bonds. The molecule has 3 N–H and O–H groups in total. The maximum absolute atomic E-state index is 12.5. The van der Waals surface area contributed by atoms with Crippen molar-refractivity contribution in [3.8, 4) is 0 Å². The Hall–Kier alpha value is -1.48. The molecule has 0 spiro atoms. The summed E-state index contributed by atoms with van der Waals surface area (Å²) in [6.45, 7) is 3.55. The van der Waals surface area contributed by atoms with E-state index in [1.54, 1.807) is 0 Å². The Balaban J connectivity index is 2.97. The van der Waals surface area contributed by atoms with E-state index in [0.717, 1.165) is 23.3 Å². The van der Waals surface area contributed by atoms with E-state index in [4.69, 9.17) is 5.14 Å². The summed E-state index contributed by atoms with van der Waals surface area (Å²) in [5.74, 6) is -0.232. The molecule has 0 aliphatic heterocycles. The van der Waals surface area contributed by atoms with Crippen LogP contribution in [0, 0.1) is 5.92 Å². The summed E-state index contributed by atoms with van der Waals surface area (Å²) >= 11 is 0. The number of amides is 1. The number of sulfonamides is 1. The fourth-order valence-corrected chi connectivity index (χ4v) is 2.24. The number of nitrogens with one attached hydrogen (secondary N) is 1. The number of hydrogen-bond acceptors (Lipinski definition) is 3. The molecule has 0 aromatic carbocycles. The molecule has 21 heavy (non-hydrogen) atoms. The summed E-state index contributed by atoms with van der Waals surface area (Å²) in [5.41, 5.74) is -0.150. The van der Waals surface area contributed by atoms with Crippen LogP contribution < -0.4 is 10.5 Å². The number of nitrogens with zero attached hydrogens (tertiary/aromatic N) is 1. The fourth-order valence-electron chi connectivity index (χ4n) is 1.69.